The Labute approximate surface area is 117 Å². The molecular formula is C14H20FN3O2. The summed E-state index contributed by atoms with van der Waals surface area (Å²) >= 11 is 0. The maximum absolute atomic E-state index is 13.3. The molecule has 5 nitrogen and oxygen atoms in total. The summed E-state index contributed by atoms with van der Waals surface area (Å²) in [5.74, 6) is -0.623. The molecule has 1 fully saturated rings. The maximum Gasteiger partial charge on any atom is 0.125 e. The van der Waals surface area contributed by atoms with Gasteiger partial charge in [-0.15, -0.1) is 0 Å². The predicted molar refractivity (Wildman–Crippen MR) is 75.7 cm³/mol. The van der Waals surface area contributed by atoms with Crippen molar-refractivity contribution in [2.45, 2.75) is 18.4 Å². The van der Waals surface area contributed by atoms with Gasteiger partial charge in [0, 0.05) is 50.9 Å². The van der Waals surface area contributed by atoms with Gasteiger partial charge in [0.05, 0.1) is 5.60 Å². The van der Waals surface area contributed by atoms with E-state index in [2.05, 4.69) is 0 Å². The highest BCUT2D eigenvalue weighted by molar-refractivity contribution is 6.00. The topological polar surface area (TPSA) is 82.6 Å². The zero-order chi connectivity index (χ0) is 14.8. The van der Waals surface area contributed by atoms with Crippen molar-refractivity contribution in [2.75, 3.05) is 31.7 Å². The fourth-order valence-corrected chi connectivity index (χ4v) is 2.49. The molecular weight excluding hydrogens is 261 g/mol. The van der Waals surface area contributed by atoms with Crippen molar-refractivity contribution < 1.29 is 14.2 Å². The van der Waals surface area contributed by atoms with Crippen molar-refractivity contribution in [3.05, 3.63) is 29.6 Å². The first-order valence-electron chi connectivity index (χ1n) is 6.56. The first-order chi connectivity index (χ1) is 9.41. The van der Waals surface area contributed by atoms with Gasteiger partial charge in [0.1, 0.15) is 11.7 Å². The number of halogens is 1. The van der Waals surface area contributed by atoms with Crippen molar-refractivity contribution in [3.63, 3.8) is 0 Å². The molecule has 1 saturated heterocycles. The molecule has 20 heavy (non-hydrogen) atoms. The van der Waals surface area contributed by atoms with E-state index in [1.54, 1.807) is 13.1 Å². The largest absolute Gasteiger partial charge is 0.388 e. The number of ether oxygens (including phenoxy) is 1. The molecule has 1 heterocycles. The fourth-order valence-electron chi connectivity index (χ4n) is 2.49. The van der Waals surface area contributed by atoms with Crippen LogP contribution in [0.15, 0.2) is 18.2 Å². The number of nitrogens with two attached hydrogens (primary N) is 1. The quantitative estimate of drug-likeness (QED) is 0.570. The predicted octanol–water partition coefficient (Wildman–Crippen LogP) is 1.09. The molecule has 0 unspecified atom stereocenters. The lowest BCUT2D eigenvalue weighted by atomic mass is 9.93. The van der Waals surface area contributed by atoms with Crippen LogP contribution in [-0.4, -0.2) is 43.3 Å². The van der Waals surface area contributed by atoms with Crippen molar-refractivity contribution >= 4 is 11.5 Å². The standard InChI is InChI=1S/C14H20FN3O2/c1-18(9-14(19)4-6-20-7-5-14)12-3-2-10(15)8-11(12)13(16)17/h2-3,8,19H,4-7,9H2,1H3,(H3,16,17). The van der Waals surface area contributed by atoms with Crippen LogP contribution in [0.2, 0.25) is 0 Å². The van der Waals surface area contributed by atoms with Crippen LogP contribution >= 0.6 is 0 Å². The zero-order valence-corrected chi connectivity index (χ0v) is 11.5. The summed E-state index contributed by atoms with van der Waals surface area (Å²) in [4.78, 5) is 1.81. The highest BCUT2D eigenvalue weighted by atomic mass is 19.1. The summed E-state index contributed by atoms with van der Waals surface area (Å²) in [6, 6.07) is 4.14. The summed E-state index contributed by atoms with van der Waals surface area (Å²) in [7, 11) is 1.80. The molecule has 0 spiro atoms. The highest BCUT2D eigenvalue weighted by Gasteiger charge is 2.31. The number of hydrogen-bond donors (Lipinski definition) is 3. The first-order valence-corrected chi connectivity index (χ1v) is 6.56. The average molecular weight is 281 g/mol. The molecule has 0 aromatic heterocycles. The summed E-state index contributed by atoms with van der Waals surface area (Å²) in [6.45, 7) is 1.46. The van der Waals surface area contributed by atoms with Gasteiger partial charge in [0.15, 0.2) is 0 Å². The molecule has 0 bridgehead atoms. The Morgan fingerprint density at radius 3 is 2.75 bits per heavy atom. The Bertz CT molecular complexity index is 501. The minimum Gasteiger partial charge on any atom is -0.388 e. The summed E-state index contributed by atoms with van der Waals surface area (Å²) in [5.41, 5.74) is 5.64. The molecule has 0 aliphatic carbocycles. The third kappa shape index (κ3) is 3.26. The van der Waals surface area contributed by atoms with E-state index in [1.165, 1.54) is 12.1 Å². The number of anilines is 1. The molecule has 1 aromatic rings. The minimum atomic E-state index is -0.824. The normalized spacial score (nSPS) is 17.8. The fraction of sp³-hybridized carbons (Fsp3) is 0.500. The van der Waals surface area contributed by atoms with Gasteiger partial charge < -0.3 is 20.5 Å². The van der Waals surface area contributed by atoms with E-state index < -0.39 is 11.4 Å². The lowest BCUT2D eigenvalue weighted by molar-refractivity contribution is -0.0572. The van der Waals surface area contributed by atoms with Crippen LogP contribution in [0.1, 0.15) is 18.4 Å². The number of benzene rings is 1. The number of rotatable bonds is 4. The summed E-state index contributed by atoms with van der Waals surface area (Å²) in [6.07, 6.45) is 1.13. The maximum atomic E-state index is 13.3. The molecule has 110 valence electrons. The molecule has 0 atom stereocenters. The van der Waals surface area contributed by atoms with Gasteiger partial charge >= 0.3 is 0 Å². The first kappa shape index (κ1) is 14.7. The Morgan fingerprint density at radius 2 is 2.15 bits per heavy atom. The third-order valence-corrected chi connectivity index (χ3v) is 3.62. The molecule has 1 aliphatic rings. The lowest BCUT2D eigenvalue weighted by Gasteiger charge is -2.36. The average Bonchev–Trinajstić information content (AvgIpc) is 2.38. The SMILES string of the molecule is CN(CC1(O)CCOCC1)c1ccc(F)cc1C(=N)N. The number of likely N-dealkylation sites (N-methyl/N-ethyl adjacent to an activating group) is 1. The van der Waals surface area contributed by atoms with Gasteiger partial charge in [-0.1, -0.05) is 0 Å². The van der Waals surface area contributed by atoms with Crippen LogP contribution in [-0.2, 0) is 4.74 Å². The van der Waals surface area contributed by atoms with E-state index in [-0.39, 0.29) is 5.84 Å². The molecule has 6 heteroatoms. The molecule has 0 amide bonds. The molecule has 0 saturated carbocycles. The van der Waals surface area contributed by atoms with Crippen LogP contribution in [0.25, 0.3) is 0 Å². The number of amidine groups is 1. The molecule has 4 N–H and O–H groups in total. The van der Waals surface area contributed by atoms with E-state index in [1.807, 2.05) is 4.90 Å². The van der Waals surface area contributed by atoms with Gasteiger partial charge in [-0.2, -0.15) is 0 Å². The van der Waals surface area contributed by atoms with E-state index in [0.29, 0.717) is 43.9 Å². The van der Waals surface area contributed by atoms with Gasteiger partial charge in [0.25, 0.3) is 0 Å². The summed E-state index contributed by atoms with van der Waals surface area (Å²) < 4.78 is 18.5. The second kappa shape index (κ2) is 5.76. The Kier molecular flexibility index (Phi) is 4.25. The van der Waals surface area contributed by atoms with Crippen LogP contribution in [0.3, 0.4) is 0 Å². The van der Waals surface area contributed by atoms with Crippen molar-refractivity contribution in [1.82, 2.24) is 0 Å². The second-order valence-corrected chi connectivity index (χ2v) is 5.27. The van der Waals surface area contributed by atoms with Gasteiger partial charge in [-0.05, 0) is 18.2 Å². The number of nitrogens with one attached hydrogen (secondary N) is 1. The third-order valence-electron chi connectivity index (χ3n) is 3.62. The zero-order valence-electron chi connectivity index (χ0n) is 11.5. The monoisotopic (exact) mass is 281 g/mol. The van der Waals surface area contributed by atoms with E-state index >= 15 is 0 Å². The van der Waals surface area contributed by atoms with Crippen molar-refractivity contribution in [3.8, 4) is 0 Å². The van der Waals surface area contributed by atoms with Crippen LogP contribution < -0.4 is 10.6 Å². The van der Waals surface area contributed by atoms with Gasteiger partial charge in [-0.25, -0.2) is 4.39 Å². The smallest absolute Gasteiger partial charge is 0.125 e. The van der Waals surface area contributed by atoms with Crippen molar-refractivity contribution in [1.29, 1.82) is 5.41 Å². The lowest BCUT2D eigenvalue weighted by Crippen LogP contribution is -2.46. The van der Waals surface area contributed by atoms with Crippen molar-refractivity contribution in [2.24, 2.45) is 5.73 Å². The molecule has 0 radical (unpaired) electrons. The molecule has 2 rings (SSSR count). The van der Waals surface area contributed by atoms with Gasteiger partial charge in [0.2, 0.25) is 0 Å². The van der Waals surface area contributed by atoms with E-state index in [0.717, 1.165) is 0 Å². The Morgan fingerprint density at radius 1 is 1.50 bits per heavy atom. The van der Waals surface area contributed by atoms with E-state index in [4.69, 9.17) is 15.9 Å². The Balaban J connectivity index is 2.20. The molecule has 1 aliphatic heterocycles. The van der Waals surface area contributed by atoms with Crippen LogP contribution in [0, 0.1) is 11.2 Å². The number of nitrogen functional groups attached to an aromatic ring is 1. The Hall–Kier alpha value is -1.66. The van der Waals surface area contributed by atoms with E-state index in [9.17, 15) is 9.50 Å². The minimum absolute atomic E-state index is 0.190. The number of nitrogens with zero attached hydrogens (tertiary/aromatic N) is 1. The van der Waals surface area contributed by atoms with Crippen LogP contribution in [0.5, 0.6) is 0 Å². The van der Waals surface area contributed by atoms with Gasteiger partial charge in [-0.3, -0.25) is 5.41 Å². The highest BCUT2D eigenvalue weighted by Crippen LogP contribution is 2.26. The van der Waals surface area contributed by atoms with Crippen LogP contribution in [0.4, 0.5) is 10.1 Å². The molecule has 1 aromatic carbocycles. The number of aliphatic hydroxyl groups is 1. The number of hydrogen-bond acceptors (Lipinski definition) is 4. The second-order valence-electron chi connectivity index (χ2n) is 5.27. The summed E-state index contributed by atoms with van der Waals surface area (Å²) in [5, 5.41) is 18.0.